The monoisotopic (exact) mass is 308 g/mol. The maximum absolute atomic E-state index is 12.2. The zero-order valence-corrected chi connectivity index (χ0v) is 13.5. The quantitative estimate of drug-likeness (QED) is 0.899. The molecule has 4 heteroatoms. The standard InChI is InChI=1S/C17H24N2O.ClH/c1-12-7-8-18-11-16(12)19-17(20)10-13-5-6-14-3-2-4-15(14)9-13;/h5-6,9,12,16,18H,2-4,7-8,10-11H2,1H3,(H,19,20);1H. The van der Waals surface area contributed by atoms with Crippen molar-refractivity contribution in [1.29, 1.82) is 0 Å². The molecule has 0 spiro atoms. The average molecular weight is 309 g/mol. The number of amides is 1. The summed E-state index contributed by atoms with van der Waals surface area (Å²) in [4.78, 5) is 12.2. The molecule has 2 aliphatic rings. The Hall–Kier alpha value is -1.06. The largest absolute Gasteiger partial charge is 0.352 e. The first-order chi connectivity index (χ1) is 9.72. The van der Waals surface area contributed by atoms with E-state index in [1.54, 1.807) is 0 Å². The molecule has 21 heavy (non-hydrogen) atoms. The van der Waals surface area contributed by atoms with Crippen LogP contribution in [0.2, 0.25) is 0 Å². The van der Waals surface area contributed by atoms with Crippen molar-refractivity contribution < 1.29 is 4.79 Å². The molecule has 2 atom stereocenters. The van der Waals surface area contributed by atoms with Crippen LogP contribution in [0, 0.1) is 5.92 Å². The van der Waals surface area contributed by atoms with Gasteiger partial charge in [-0.05, 0) is 54.8 Å². The minimum Gasteiger partial charge on any atom is -0.352 e. The Balaban J connectivity index is 0.00000161. The molecule has 0 saturated carbocycles. The van der Waals surface area contributed by atoms with Gasteiger partial charge in [-0.3, -0.25) is 4.79 Å². The molecule has 1 aliphatic heterocycles. The van der Waals surface area contributed by atoms with Crippen molar-refractivity contribution in [3.63, 3.8) is 0 Å². The molecule has 2 N–H and O–H groups in total. The molecule has 1 aromatic rings. The van der Waals surface area contributed by atoms with Crippen LogP contribution < -0.4 is 10.6 Å². The number of benzene rings is 1. The van der Waals surface area contributed by atoms with Gasteiger partial charge in [0.1, 0.15) is 0 Å². The van der Waals surface area contributed by atoms with Gasteiger partial charge >= 0.3 is 0 Å². The molecule has 1 fully saturated rings. The predicted molar refractivity (Wildman–Crippen MR) is 88.0 cm³/mol. The highest BCUT2D eigenvalue weighted by Gasteiger charge is 2.22. The summed E-state index contributed by atoms with van der Waals surface area (Å²) in [6.45, 7) is 4.19. The first kappa shape index (κ1) is 16.3. The summed E-state index contributed by atoms with van der Waals surface area (Å²) < 4.78 is 0. The van der Waals surface area contributed by atoms with Gasteiger partial charge in [0.2, 0.25) is 5.91 Å². The zero-order chi connectivity index (χ0) is 13.9. The zero-order valence-electron chi connectivity index (χ0n) is 12.7. The molecule has 116 valence electrons. The Morgan fingerprint density at radius 2 is 2.14 bits per heavy atom. The van der Waals surface area contributed by atoms with Crippen molar-refractivity contribution in [3.8, 4) is 0 Å². The van der Waals surface area contributed by atoms with Crippen molar-refractivity contribution in [2.24, 2.45) is 5.92 Å². The lowest BCUT2D eigenvalue weighted by Gasteiger charge is -2.30. The van der Waals surface area contributed by atoms with Gasteiger partial charge in [0.15, 0.2) is 0 Å². The highest BCUT2D eigenvalue weighted by molar-refractivity contribution is 5.85. The summed E-state index contributed by atoms with van der Waals surface area (Å²) >= 11 is 0. The van der Waals surface area contributed by atoms with Gasteiger partial charge in [-0.1, -0.05) is 25.1 Å². The number of halogens is 1. The number of carbonyl (C=O) groups excluding carboxylic acids is 1. The van der Waals surface area contributed by atoms with E-state index in [2.05, 4.69) is 35.8 Å². The van der Waals surface area contributed by atoms with Crippen molar-refractivity contribution in [2.75, 3.05) is 13.1 Å². The highest BCUT2D eigenvalue weighted by Crippen LogP contribution is 2.23. The van der Waals surface area contributed by atoms with Crippen molar-refractivity contribution >= 4 is 18.3 Å². The molecule has 1 heterocycles. The van der Waals surface area contributed by atoms with E-state index in [9.17, 15) is 4.79 Å². The fraction of sp³-hybridized carbons (Fsp3) is 0.588. The third-order valence-corrected chi connectivity index (χ3v) is 4.70. The van der Waals surface area contributed by atoms with Gasteiger partial charge in [-0.25, -0.2) is 0 Å². The van der Waals surface area contributed by atoms with Crippen LogP contribution >= 0.6 is 12.4 Å². The van der Waals surface area contributed by atoms with Gasteiger partial charge in [-0.2, -0.15) is 0 Å². The van der Waals surface area contributed by atoms with E-state index >= 15 is 0 Å². The van der Waals surface area contributed by atoms with E-state index in [-0.39, 0.29) is 24.4 Å². The van der Waals surface area contributed by atoms with E-state index in [4.69, 9.17) is 0 Å². The number of hydrogen-bond donors (Lipinski definition) is 2. The van der Waals surface area contributed by atoms with Crippen LogP contribution in [-0.4, -0.2) is 25.0 Å². The van der Waals surface area contributed by atoms with Crippen molar-refractivity contribution in [3.05, 3.63) is 34.9 Å². The third kappa shape index (κ3) is 3.98. The molecule has 0 radical (unpaired) electrons. The van der Waals surface area contributed by atoms with Gasteiger partial charge in [0.25, 0.3) is 0 Å². The third-order valence-electron chi connectivity index (χ3n) is 4.70. The van der Waals surface area contributed by atoms with Crippen LogP contribution in [0.3, 0.4) is 0 Å². The molecule has 1 amide bonds. The van der Waals surface area contributed by atoms with E-state index in [1.807, 2.05) is 0 Å². The number of rotatable bonds is 3. The summed E-state index contributed by atoms with van der Waals surface area (Å²) in [7, 11) is 0. The molecule has 0 aromatic heterocycles. The lowest BCUT2D eigenvalue weighted by molar-refractivity contribution is -0.121. The summed E-state index contributed by atoms with van der Waals surface area (Å²) in [5.41, 5.74) is 4.07. The van der Waals surface area contributed by atoms with Gasteiger partial charge in [0.05, 0.1) is 6.42 Å². The van der Waals surface area contributed by atoms with Gasteiger partial charge in [-0.15, -0.1) is 12.4 Å². The molecule has 3 rings (SSSR count). The predicted octanol–water partition coefficient (Wildman–Crippen LogP) is 2.25. The van der Waals surface area contributed by atoms with Crippen LogP contribution in [0.5, 0.6) is 0 Å². The Kier molecular flexibility index (Phi) is 5.65. The Morgan fingerprint density at radius 3 is 2.95 bits per heavy atom. The molecule has 1 aromatic carbocycles. The fourth-order valence-electron chi connectivity index (χ4n) is 3.36. The molecule has 1 aliphatic carbocycles. The number of aryl methyl sites for hydroxylation is 2. The fourth-order valence-corrected chi connectivity index (χ4v) is 3.36. The molecule has 0 bridgehead atoms. The maximum atomic E-state index is 12.2. The molecule has 3 nitrogen and oxygen atoms in total. The smallest absolute Gasteiger partial charge is 0.224 e. The number of fused-ring (bicyclic) bond motifs is 1. The molecule has 2 unspecified atom stereocenters. The van der Waals surface area contributed by atoms with E-state index in [1.165, 1.54) is 30.4 Å². The van der Waals surface area contributed by atoms with Gasteiger partial charge in [0, 0.05) is 12.6 Å². The number of carbonyl (C=O) groups is 1. The number of hydrogen-bond acceptors (Lipinski definition) is 2. The first-order valence-corrected chi connectivity index (χ1v) is 7.83. The molecular weight excluding hydrogens is 284 g/mol. The molecule has 1 saturated heterocycles. The van der Waals surface area contributed by atoms with Crippen molar-refractivity contribution in [1.82, 2.24) is 10.6 Å². The van der Waals surface area contributed by atoms with Gasteiger partial charge < -0.3 is 10.6 Å². The second-order valence-corrected chi connectivity index (χ2v) is 6.28. The average Bonchev–Trinajstić information content (AvgIpc) is 2.89. The lowest BCUT2D eigenvalue weighted by atomic mass is 9.94. The van der Waals surface area contributed by atoms with E-state index < -0.39 is 0 Å². The van der Waals surface area contributed by atoms with Crippen LogP contribution in [0.25, 0.3) is 0 Å². The lowest BCUT2D eigenvalue weighted by Crippen LogP contribution is -2.50. The normalized spacial score (nSPS) is 24.0. The summed E-state index contributed by atoms with van der Waals surface area (Å²) in [5.74, 6) is 0.726. The minimum atomic E-state index is 0. The van der Waals surface area contributed by atoms with Crippen LogP contribution in [-0.2, 0) is 24.1 Å². The van der Waals surface area contributed by atoms with Crippen LogP contribution in [0.1, 0.15) is 36.5 Å². The Morgan fingerprint density at radius 1 is 1.33 bits per heavy atom. The first-order valence-electron chi connectivity index (χ1n) is 7.83. The van der Waals surface area contributed by atoms with Crippen molar-refractivity contribution in [2.45, 2.75) is 45.1 Å². The second kappa shape index (κ2) is 7.28. The minimum absolute atomic E-state index is 0. The second-order valence-electron chi connectivity index (χ2n) is 6.28. The number of nitrogens with one attached hydrogen (secondary N) is 2. The summed E-state index contributed by atoms with van der Waals surface area (Å²) in [6, 6.07) is 6.83. The molecular formula is C17H25ClN2O. The summed E-state index contributed by atoms with van der Waals surface area (Å²) in [5, 5.41) is 6.54. The Labute approximate surface area is 133 Å². The summed E-state index contributed by atoms with van der Waals surface area (Å²) in [6.07, 6.45) is 5.29. The SMILES string of the molecule is CC1CCNCC1NC(=O)Cc1ccc2c(c1)CCC2.Cl. The maximum Gasteiger partial charge on any atom is 0.224 e. The highest BCUT2D eigenvalue weighted by atomic mass is 35.5. The van der Waals surface area contributed by atoms with E-state index in [0.717, 1.165) is 25.1 Å². The van der Waals surface area contributed by atoms with E-state index in [0.29, 0.717) is 12.3 Å². The number of piperidine rings is 1. The van der Waals surface area contributed by atoms with Crippen LogP contribution in [0.15, 0.2) is 18.2 Å². The Bertz CT molecular complexity index is 504. The topological polar surface area (TPSA) is 41.1 Å². The van der Waals surface area contributed by atoms with Crippen LogP contribution in [0.4, 0.5) is 0 Å².